The van der Waals surface area contributed by atoms with Crippen molar-refractivity contribution in [3.8, 4) is 0 Å². The van der Waals surface area contributed by atoms with Crippen molar-refractivity contribution in [3.05, 3.63) is 0 Å². The maximum Gasteiger partial charge on any atom is 0.0207 e. The second-order valence-electron chi connectivity index (χ2n) is 6.66. The highest BCUT2D eigenvalue weighted by atomic mass is 15.3. The summed E-state index contributed by atoms with van der Waals surface area (Å²) >= 11 is 0. The standard InChI is InChI=1S/C17H34N2/c1-5-17(6-2,7-3)19-15-10-9-11-16(19)13-14(12-15)18-8-4/h14-16,18H,5-13H2,1-4H3. The van der Waals surface area contributed by atoms with Gasteiger partial charge in [0.05, 0.1) is 0 Å². The Morgan fingerprint density at radius 1 is 0.947 bits per heavy atom. The normalized spacial score (nSPS) is 32.5. The van der Waals surface area contributed by atoms with E-state index >= 15 is 0 Å². The van der Waals surface area contributed by atoms with Gasteiger partial charge >= 0.3 is 0 Å². The number of hydrogen-bond acceptors (Lipinski definition) is 2. The molecule has 2 heteroatoms. The van der Waals surface area contributed by atoms with Crippen LogP contribution in [0.4, 0.5) is 0 Å². The third-order valence-corrected chi connectivity index (χ3v) is 5.99. The molecule has 2 aliphatic rings. The van der Waals surface area contributed by atoms with E-state index in [2.05, 4.69) is 37.9 Å². The van der Waals surface area contributed by atoms with Gasteiger partial charge in [0.2, 0.25) is 0 Å². The van der Waals surface area contributed by atoms with Crippen LogP contribution in [0.2, 0.25) is 0 Å². The smallest absolute Gasteiger partial charge is 0.0207 e. The van der Waals surface area contributed by atoms with Gasteiger partial charge in [-0.3, -0.25) is 4.90 Å². The molecule has 19 heavy (non-hydrogen) atoms. The van der Waals surface area contributed by atoms with Crippen molar-refractivity contribution in [1.29, 1.82) is 0 Å². The molecular formula is C17H34N2. The van der Waals surface area contributed by atoms with E-state index in [9.17, 15) is 0 Å². The first-order valence-corrected chi connectivity index (χ1v) is 8.72. The predicted molar refractivity (Wildman–Crippen MR) is 83.6 cm³/mol. The molecule has 2 bridgehead atoms. The lowest BCUT2D eigenvalue weighted by Crippen LogP contribution is -2.64. The molecule has 2 saturated heterocycles. The first-order valence-electron chi connectivity index (χ1n) is 8.72. The lowest BCUT2D eigenvalue weighted by atomic mass is 9.75. The van der Waals surface area contributed by atoms with Gasteiger partial charge < -0.3 is 5.32 Å². The van der Waals surface area contributed by atoms with Gasteiger partial charge in [0.15, 0.2) is 0 Å². The Morgan fingerprint density at radius 2 is 1.47 bits per heavy atom. The fourth-order valence-corrected chi connectivity index (χ4v) is 4.91. The summed E-state index contributed by atoms with van der Waals surface area (Å²) in [6.45, 7) is 10.6. The van der Waals surface area contributed by atoms with Crippen molar-refractivity contribution in [2.24, 2.45) is 0 Å². The quantitative estimate of drug-likeness (QED) is 0.783. The molecule has 0 aliphatic carbocycles. The Bertz CT molecular complexity index is 250. The molecule has 2 nitrogen and oxygen atoms in total. The number of nitrogens with zero attached hydrogens (tertiary/aromatic N) is 1. The zero-order chi connectivity index (χ0) is 13.9. The monoisotopic (exact) mass is 266 g/mol. The van der Waals surface area contributed by atoms with Crippen LogP contribution < -0.4 is 5.32 Å². The topological polar surface area (TPSA) is 15.3 Å². The second kappa shape index (κ2) is 6.58. The third kappa shape index (κ3) is 2.85. The molecule has 112 valence electrons. The first kappa shape index (κ1) is 15.3. The van der Waals surface area contributed by atoms with Crippen LogP contribution in [-0.2, 0) is 0 Å². The summed E-state index contributed by atoms with van der Waals surface area (Å²) in [4.78, 5) is 2.98. The molecule has 2 heterocycles. The molecule has 0 radical (unpaired) electrons. The summed E-state index contributed by atoms with van der Waals surface area (Å²) in [5.41, 5.74) is 0.479. The first-order chi connectivity index (χ1) is 9.20. The highest BCUT2D eigenvalue weighted by Gasteiger charge is 2.46. The molecule has 1 N–H and O–H groups in total. The van der Waals surface area contributed by atoms with Crippen molar-refractivity contribution < 1.29 is 0 Å². The maximum atomic E-state index is 3.71. The van der Waals surface area contributed by atoms with E-state index in [0.717, 1.165) is 24.7 Å². The van der Waals surface area contributed by atoms with Crippen LogP contribution in [0.3, 0.4) is 0 Å². The average Bonchev–Trinajstić information content (AvgIpc) is 2.42. The molecule has 2 aliphatic heterocycles. The zero-order valence-corrected chi connectivity index (χ0v) is 13.5. The molecular weight excluding hydrogens is 232 g/mol. The lowest BCUT2D eigenvalue weighted by Gasteiger charge is -2.58. The number of rotatable bonds is 6. The summed E-state index contributed by atoms with van der Waals surface area (Å²) in [6.07, 6.45) is 11.0. The van der Waals surface area contributed by atoms with Crippen molar-refractivity contribution in [1.82, 2.24) is 10.2 Å². The summed E-state index contributed by atoms with van der Waals surface area (Å²) in [5, 5.41) is 3.71. The van der Waals surface area contributed by atoms with Crippen LogP contribution in [0, 0.1) is 0 Å². The van der Waals surface area contributed by atoms with Gasteiger partial charge in [-0.25, -0.2) is 0 Å². The van der Waals surface area contributed by atoms with Gasteiger partial charge in [-0.2, -0.15) is 0 Å². The molecule has 0 aromatic rings. The molecule has 2 fully saturated rings. The van der Waals surface area contributed by atoms with Gasteiger partial charge in [-0.15, -0.1) is 0 Å². The van der Waals surface area contributed by atoms with Crippen LogP contribution in [0.25, 0.3) is 0 Å². The van der Waals surface area contributed by atoms with Crippen molar-refractivity contribution in [2.75, 3.05) is 6.54 Å². The highest BCUT2D eigenvalue weighted by Crippen LogP contribution is 2.42. The van der Waals surface area contributed by atoms with Gasteiger partial charge in [0.25, 0.3) is 0 Å². The molecule has 0 saturated carbocycles. The summed E-state index contributed by atoms with van der Waals surface area (Å²) < 4.78 is 0. The van der Waals surface area contributed by atoms with E-state index in [1.54, 1.807) is 0 Å². The molecule has 2 unspecified atom stereocenters. The van der Waals surface area contributed by atoms with Crippen LogP contribution in [-0.4, -0.2) is 35.1 Å². The van der Waals surface area contributed by atoms with E-state index in [1.165, 1.54) is 51.4 Å². The molecule has 0 spiro atoms. The van der Waals surface area contributed by atoms with E-state index < -0.39 is 0 Å². The predicted octanol–water partition coefficient (Wildman–Crippen LogP) is 3.95. The lowest BCUT2D eigenvalue weighted by molar-refractivity contribution is -0.0693. The SMILES string of the molecule is CCNC1CC2CCCC(C1)N2C(CC)(CC)CC. The number of fused-ring (bicyclic) bond motifs is 2. The Hall–Kier alpha value is -0.0800. The zero-order valence-electron chi connectivity index (χ0n) is 13.5. The van der Waals surface area contributed by atoms with E-state index in [-0.39, 0.29) is 0 Å². The molecule has 2 rings (SSSR count). The van der Waals surface area contributed by atoms with Gasteiger partial charge in [0.1, 0.15) is 0 Å². The highest BCUT2D eigenvalue weighted by molar-refractivity contribution is 5.02. The fourth-order valence-electron chi connectivity index (χ4n) is 4.91. The number of nitrogens with one attached hydrogen (secondary N) is 1. The Kier molecular flexibility index (Phi) is 5.30. The van der Waals surface area contributed by atoms with E-state index in [4.69, 9.17) is 0 Å². The molecule has 2 atom stereocenters. The Balaban J connectivity index is 2.17. The summed E-state index contributed by atoms with van der Waals surface area (Å²) in [7, 11) is 0. The molecule has 0 aromatic carbocycles. The van der Waals surface area contributed by atoms with E-state index in [1.807, 2.05) is 0 Å². The number of piperidine rings is 2. The summed E-state index contributed by atoms with van der Waals surface area (Å²) in [6, 6.07) is 2.47. The average molecular weight is 266 g/mol. The minimum Gasteiger partial charge on any atom is -0.314 e. The molecule has 0 amide bonds. The minimum atomic E-state index is 0.479. The Labute approximate surface area is 120 Å². The third-order valence-electron chi connectivity index (χ3n) is 5.99. The maximum absolute atomic E-state index is 3.71. The van der Waals surface area contributed by atoms with Gasteiger partial charge in [0, 0.05) is 23.7 Å². The van der Waals surface area contributed by atoms with Crippen LogP contribution in [0.15, 0.2) is 0 Å². The van der Waals surface area contributed by atoms with Gasteiger partial charge in [-0.05, 0) is 51.5 Å². The summed E-state index contributed by atoms with van der Waals surface area (Å²) in [5.74, 6) is 0. The van der Waals surface area contributed by atoms with Crippen LogP contribution in [0.5, 0.6) is 0 Å². The van der Waals surface area contributed by atoms with Crippen molar-refractivity contribution in [2.45, 2.75) is 103 Å². The second-order valence-corrected chi connectivity index (χ2v) is 6.66. The van der Waals surface area contributed by atoms with Gasteiger partial charge in [-0.1, -0.05) is 34.1 Å². The largest absolute Gasteiger partial charge is 0.314 e. The molecule has 0 aromatic heterocycles. The van der Waals surface area contributed by atoms with Crippen LogP contribution in [0.1, 0.15) is 79.1 Å². The minimum absolute atomic E-state index is 0.479. The van der Waals surface area contributed by atoms with Crippen LogP contribution >= 0.6 is 0 Å². The fraction of sp³-hybridized carbons (Fsp3) is 1.00. The Morgan fingerprint density at radius 3 is 1.89 bits per heavy atom. The van der Waals surface area contributed by atoms with E-state index in [0.29, 0.717) is 5.54 Å². The van der Waals surface area contributed by atoms with Crippen molar-refractivity contribution >= 4 is 0 Å². The number of hydrogen-bond donors (Lipinski definition) is 1. The van der Waals surface area contributed by atoms with Crippen molar-refractivity contribution in [3.63, 3.8) is 0 Å².